The monoisotopic (exact) mass is 399 g/mol. The van der Waals surface area contributed by atoms with E-state index in [2.05, 4.69) is 0 Å². The molecule has 1 aliphatic heterocycles. The number of nitrogens with zero attached hydrogens (tertiary/aromatic N) is 1. The zero-order valence-electron chi connectivity index (χ0n) is 16.2. The lowest BCUT2D eigenvalue weighted by atomic mass is 9.91. The van der Waals surface area contributed by atoms with Crippen LogP contribution in [-0.2, 0) is 21.9 Å². The second-order valence-electron chi connectivity index (χ2n) is 7.19. The molecule has 0 aliphatic carbocycles. The Morgan fingerprint density at radius 3 is 2.00 bits per heavy atom. The molecule has 1 heterocycles. The highest BCUT2D eigenvalue weighted by atomic mass is 16.3. The predicted octanol–water partition coefficient (Wildman–Crippen LogP) is 3.45. The van der Waals surface area contributed by atoms with Gasteiger partial charge in [-0.15, -0.1) is 0 Å². The zero-order valence-corrected chi connectivity index (χ0v) is 16.2. The van der Waals surface area contributed by atoms with Gasteiger partial charge in [0.05, 0.1) is 5.57 Å². The minimum Gasteiger partial charge on any atom is -0.507 e. The summed E-state index contributed by atoms with van der Waals surface area (Å²) in [7, 11) is 0. The minimum absolute atomic E-state index is 0.146. The molecule has 2 N–H and O–H groups in total. The molecular weight excluding hydrogens is 378 g/mol. The number of benzene rings is 3. The zero-order chi connectivity index (χ0) is 21.1. The third kappa shape index (κ3) is 3.24. The summed E-state index contributed by atoms with van der Waals surface area (Å²) in [6.45, 7) is 0.146. The molecule has 1 fully saturated rings. The average Bonchev–Trinajstić information content (AvgIpc) is 3.01. The van der Waals surface area contributed by atoms with Crippen LogP contribution in [0.1, 0.15) is 16.7 Å². The Morgan fingerprint density at radius 2 is 1.43 bits per heavy atom. The normalized spacial score (nSPS) is 23.4. The average molecular weight is 399 g/mol. The van der Waals surface area contributed by atoms with Gasteiger partial charge in [-0.1, -0.05) is 91.0 Å². The van der Waals surface area contributed by atoms with Gasteiger partial charge in [0.2, 0.25) is 0 Å². The highest BCUT2D eigenvalue weighted by molar-refractivity contribution is 6.15. The van der Waals surface area contributed by atoms with Crippen molar-refractivity contribution >= 4 is 17.8 Å². The topological polar surface area (TPSA) is 77.8 Å². The summed E-state index contributed by atoms with van der Waals surface area (Å²) < 4.78 is 0. The first-order valence-corrected chi connectivity index (χ1v) is 9.64. The summed E-state index contributed by atoms with van der Waals surface area (Å²) in [5, 5.41) is 23.0. The maximum absolute atomic E-state index is 13.3. The van der Waals surface area contributed by atoms with Crippen LogP contribution < -0.4 is 0 Å². The standard InChI is InChI=1S/C25H21NO4/c27-17-21-24(29)22(23(28)19-12-6-2-7-13-19)25(30,20-14-8-3-9-15-20)26(21)16-18-10-4-1-5-11-18/h1-15,17,21,28,30H,16H2. The van der Waals surface area contributed by atoms with Gasteiger partial charge in [-0.25, -0.2) is 4.90 Å². The van der Waals surface area contributed by atoms with Crippen LogP contribution in [0.25, 0.3) is 5.76 Å². The summed E-state index contributed by atoms with van der Waals surface area (Å²) >= 11 is 0. The molecule has 4 rings (SSSR count). The number of aldehydes is 1. The van der Waals surface area contributed by atoms with Crippen molar-refractivity contribution in [3.63, 3.8) is 0 Å². The molecule has 0 amide bonds. The SMILES string of the molecule is O=CC1C(=O)C(=C(O)c2ccccc2)C(O)(c2ccccc2)N1Cc1ccccc1. The first-order chi connectivity index (χ1) is 14.6. The van der Waals surface area contributed by atoms with E-state index in [1.54, 1.807) is 60.7 Å². The van der Waals surface area contributed by atoms with Crippen LogP contribution in [0.15, 0.2) is 96.6 Å². The first-order valence-electron chi connectivity index (χ1n) is 9.64. The third-order valence-corrected chi connectivity index (χ3v) is 5.40. The van der Waals surface area contributed by atoms with Crippen LogP contribution in [0.4, 0.5) is 0 Å². The molecular formula is C25H21NO4. The molecule has 5 nitrogen and oxygen atoms in total. The van der Waals surface area contributed by atoms with Crippen molar-refractivity contribution < 1.29 is 19.8 Å². The van der Waals surface area contributed by atoms with Crippen molar-refractivity contribution in [3.05, 3.63) is 113 Å². The number of aliphatic hydroxyl groups is 2. The van der Waals surface area contributed by atoms with E-state index in [1.165, 1.54) is 4.90 Å². The number of ketones is 1. The number of hydrogen-bond donors (Lipinski definition) is 2. The number of Topliss-reactive ketones (excluding diaryl/α,β-unsaturated/α-hetero) is 1. The van der Waals surface area contributed by atoms with Crippen molar-refractivity contribution in [1.29, 1.82) is 0 Å². The molecule has 1 saturated heterocycles. The molecule has 30 heavy (non-hydrogen) atoms. The van der Waals surface area contributed by atoms with Crippen molar-refractivity contribution in [2.75, 3.05) is 0 Å². The van der Waals surface area contributed by atoms with E-state index in [4.69, 9.17) is 0 Å². The van der Waals surface area contributed by atoms with E-state index in [9.17, 15) is 19.8 Å². The van der Waals surface area contributed by atoms with Gasteiger partial charge in [-0.05, 0) is 5.56 Å². The van der Waals surface area contributed by atoms with E-state index < -0.39 is 17.6 Å². The van der Waals surface area contributed by atoms with Gasteiger partial charge in [0.15, 0.2) is 11.5 Å². The minimum atomic E-state index is -1.97. The van der Waals surface area contributed by atoms with Crippen LogP contribution in [0, 0.1) is 0 Å². The maximum Gasteiger partial charge on any atom is 0.191 e. The molecule has 5 heteroatoms. The number of aliphatic hydroxyl groups excluding tert-OH is 1. The third-order valence-electron chi connectivity index (χ3n) is 5.40. The Kier molecular flexibility index (Phi) is 5.31. The van der Waals surface area contributed by atoms with Crippen LogP contribution in [0.2, 0.25) is 0 Å². The van der Waals surface area contributed by atoms with E-state index in [0.29, 0.717) is 17.4 Å². The Hall–Kier alpha value is -3.54. The number of hydrogen-bond acceptors (Lipinski definition) is 5. The highest BCUT2D eigenvalue weighted by Crippen LogP contribution is 2.45. The number of likely N-dealkylation sites (tertiary alicyclic amines) is 1. The van der Waals surface area contributed by atoms with Gasteiger partial charge in [-0.2, -0.15) is 0 Å². The molecule has 1 aliphatic rings. The molecule has 3 aromatic rings. The van der Waals surface area contributed by atoms with Crippen LogP contribution in [0.3, 0.4) is 0 Å². The molecule has 0 bridgehead atoms. The second-order valence-corrected chi connectivity index (χ2v) is 7.19. The largest absolute Gasteiger partial charge is 0.507 e. The van der Waals surface area contributed by atoms with Gasteiger partial charge >= 0.3 is 0 Å². The molecule has 0 spiro atoms. The predicted molar refractivity (Wildman–Crippen MR) is 113 cm³/mol. The molecule has 2 atom stereocenters. The lowest BCUT2D eigenvalue weighted by molar-refractivity contribution is -0.129. The summed E-state index contributed by atoms with van der Waals surface area (Å²) in [6.07, 6.45) is 0.518. The Bertz CT molecular complexity index is 1080. The summed E-state index contributed by atoms with van der Waals surface area (Å²) in [6, 6.07) is 25.2. The Labute approximate surface area is 174 Å². The molecule has 150 valence electrons. The lowest BCUT2D eigenvalue weighted by Crippen LogP contribution is -2.46. The van der Waals surface area contributed by atoms with Crippen molar-refractivity contribution in [1.82, 2.24) is 4.90 Å². The molecule has 0 saturated carbocycles. The van der Waals surface area contributed by atoms with E-state index in [-0.39, 0.29) is 17.9 Å². The number of rotatable bonds is 5. The molecule has 3 aromatic carbocycles. The van der Waals surface area contributed by atoms with Crippen molar-refractivity contribution in [2.24, 2.45) is 0 Å². The van der Waals surface area contributed by atoms with Crippen molar-refractivity contribution in [3.8, 4) is 0 Å². The molecule has 0 radical (unpaired) electrons. The van der Waals surface area contributed by atoms with Gasteiger partial charge in [0.1, 0.15) is 18.1 Å². The molecule has 0 aromatic heterocycles. The van der Waals surface area contributed by atoms with E-state index in [0.717, 1.165) is 5.56 Å². The van der Waals surface area contributed by atoms with E-state index >= 15 is 0 Å². The Balaban J connectivity index is 1.95. The highest BCUT2D eigenvalue weighted by Gasteiger charge is 2.57. The quantitative estimate of drug-likeness (QED) is 0.297. The number of carbonyl (C=O) groups excluding carboxylic acids is 2. The smallest absolute Gasteiger partial charge is 0.191 e. The van der Waals surface area contributed by atoms with Crippen LogP contribution >= 0.6 is 0 Å². The van der Waals surface area contributed by atoms with Gasteiger partial charge in [-0.3, -0.25) is 4.79 Å². The maximum atomic E-state index is 13.3. The lowest BCUT2D eigenvalue weighted by Gasteiger charge is -2.35. The number of carbonyl (C=O) groups is 2. The Morgan fingerprint density at radius 1 is 0.900 bits per heavy atom. The summed E-state index contributed by atoms with van der Waals surface area (Å²) in [4.78, 5) is 26.7. The second kappa shape index (κ2) is 8.06. The van der Waals surface area contributed by atoms with E-state index in [1.807, 2.05) is 30.3 Å². The van der Waals surface area contributed by atoms with Gasteiger partial charge in [0.25, 0.3) is 0 Å². The first kappa shape index (κ1) is 19.8. The van der Waals surface area contributed by atoms with Crippen molar-refractivity contribution in [2.45, 2.75) is 18.3 Å². The van der Waals surface area contributed by atoms with Gasteiger partial charge < -0.3 is 15.0 Å². The van der Waals surface area contributed by atoms with Crippen LogP contribution in [0.5, 0.6) is 0 Å². The summed E-state index contributed by atoms with van der Waals surface area (Å²) in [5.41, 5.74) is -0.558. The van der Waals surface area contributed by atoms with Crippen LogP contribution in [-0.4, -0.2) is 33.2 Å². The fourth-order valence-electron chi connectivity index (χ4n) is 3.94. The summed E-state index contributed by atoms with van der Waals surface area (Å²) in [5.74, 6) is -0.956. The van der Waals surface area contributed by atoms with Gasteiger partial charge in [0, 0.05) is 17.7 Å². The molecule has 2 unspecified atom stereocenters. The fourth-order valence-corrected chi connectivity index (χ4v) is 3.94. The fraction of sp³-hybridized carbons (Fsp3) is 0.120.